The highest BCUT2D eigenvalue weighted by molar-refractivity contribution is 7.81. The van der Waals surface area contributed by atoms with Crippen LogP contribution in [0.5, 0.6) is 0 Å². The van der Waals surface area contributed by atoms with Gasteiger partial charge in [-0.2, -0.15) is 0 Å². The van der Waals surface area contributed by atoms with Gasteiger partial charge in [-0.15, -0.1) is 0 Å². The molecule has 0 bridgehead atoms. The van der Waals surface area contributed by atoms with E-state index in [0.717, 1.165) is 49.8 Å². The van der Waals surface area contributed by atoms with Gasteiger partial charge in [-0.05, 0) is 42.2 Å². The van der Waals surface area contributed by atoms with Crippen LogP contribution in [-0.4, -0.2) is 36.2 Å². The summed E-state index contributed by atoms with van der Waals surface area (Å²) in [5.74, 6) is 0. The van der Waals surface area contributed by atoms with Crippen molar-refractivity contribution >= 4 is 29.0 Å². The van der Waals surface area contributed by atoms with Crippen LogP contribution in [0.25, 0.3) is 6.08 Å². The van der Waals surface area contributed by atoms with Crippen molar-refractivity contribution in [1.82, 2.24) is 4.90 Å². The summed E-state index contributed by atoms with van der Waals surface area (Å²) in [4.78, 5) is 3.28. The van der Waals surface area contributed by atoms with Gasteiger partial charge in [0.25, 0.3) is 0 Å². The summed E-state index contributed by atoms with van der Waals surface area (Å²) < 4.78 is 5.57. The molecule has 0 spiro atoms. The molecular formula is C23H24N2OS. The molecule has 2 aromatic carbocycles. The van der Waals surface area contributed by atoms with Gasteiger partial charge in [-0.25, -0.2) is 0 Å². The normalized spacial score (nSPS) is 18.8. The SMILES string of the molecule is S=C(Nc1ccccc1)C1=C(N2CCOCC2)/C(=C\c2ccccc2)CC1. The van der Waals surface area contributed by atoms with Crippen molar-refractivity contribution in [2.45, 2.75) is 12.8 Å². The summed E-state index contributed by atoms with van der Waals surface area (Å²) >= 11 is 5.81. The summed E-state index contributed by atoms with van der Waals surface area (Å²) in [5, 5.41) is 3.43. The Morgan fingerprint density at radius 2 is 1.59 bits per heavy atom. The van der Waals surface area contributed by atoms with Crippen LogP contribution in [0, 0.1) is 0 Å². The predicted molar refractivity (Wildman–Crippen MR) is 116 cm³/mol. The van der Waals surface area contributed by atoms with Gasteiger partial charge in [0.1, 0.15) is 4.99 Å². The van der Waals surface area contributed by atoms with Crippen LogP contribution < -0.4 is 5.32 Å². The summed E-state index contributed by atoms with van der Waals surface area (Å²) in [7, 11) is 0. The van der Waals surface area contributed by atoms with Crippen LogP contribution in [-0.2, 0) is 4.74 Å². The number of hydrogen-bond donors (Lipinski definition) is 1. The van der Waals surface area contributed by atoms with E-state index in [1.54, 1.807) is 0 Å². The van der Waals surface area contributed by atoms with Crippen molar-refractivity contribution in [3.8, 4) is 0 Å². The molecule has 2 aliphatic rings. The fourth-order valence-corrected chi connectivity index (χ4v) is 4.03. The molecule has 0 amide bonds. The van der Waals surface area contributed by atoms with Crippen LogP contribution >= 0.6 is 12.2 Å². The van der Waals surface area contributed by atoms with E-state index in [9.17, 15) is 0 Å². The number of hydrogen-bond acceptors (Lipinski definition) is 3. The third-order valence-electron chi connectivity index (χ3n) is 5.01. The van der Waals surface area contributed by atoms with Crippen LogP contribution in [0.4, 0.5) is 5.69 Å². The fourth-order valence-electron chi connectivity index (χ4n) is 3.71. The van der Waals surface area contributed by atoms with E-state index >= 15 is 0 Å². The molecule has 1 aliphatic heterocycles. The Morgan fingerprint density at radius 3 is 2.30 bits per heavy atom. The average Bonchev–Trinajstić information content (AvgIpc) is 3.14. The minimum Gasteiger partial charge on any atom is -0.378 e. The first-order valence-corrected chi connectivity index (χ1v) is 9.90. The van der Waals surface area contributed by atoms with E-state index in [-0.39, 0.29) is 0 Å². The van der Waals surface area contributed by atoms with E-state index in [2.05, 4.69) is 58.8 Å². The molecule has 0 unspecified atom stereocenters. The summed E-state index contributed by atoms with van der Waals surface area (Å²) in [6.07, 6.45) is 4.31. The first-order chi connectivity index (χ1) is 13.3. The van der Waals surface area contributed by atoms with Crippen molar-refractivity contribution in [3.63, 3.8) is 0 Å². The first-order valence-electron chi connectivity index (χ1n) is 9.49. The number of thiocarbonyl (C=S) groups is 1. The Balaban J connectivity index is 1.67. The Morgan fingerprint density at radius 1 is 0.926 bits per heavy atom. The molecule has 0 atom stereocenters. The van der Waals surface area contributed by atoms with Crippen LogP contribution in [0.2, 0.25) is 0 Å². The highest BCUT2D eigenvalue weighted by atomic mass is 32.1. The van der Waals surface area contributed by atoms with Crippen molar-refractivity contribution in [2.75, 3.05) is 31.6 Å². The van der Waals surface area contributed by atoms with Gasteiger partial charge in [0.15, 0.2) is 0 Å². The maximum Gasteiger partial charge on any atom is 0.108 e. The average molecular weight is 377 g/mol. The summed E-state index contributed by atoms with van der Waals surface area (Å²) in [6.45, 7) is 3.38. The topological polar surface area (TPSA) is 24.5 Å². The molecule has 2 aromatic rings. The minimum absolute atomic E-state index is 0.772. The number of para-hydroxylation sites is 1. The second kappa shape index (κ2) is 8.51. The predicted octanol–water partition coefficient (Wildman–Crippen LogP) is 4.89. The third kappa shape index (κ3) is 4.29. The lowest BCUT2D eigenvalue weighted by Gasteiger charge is -2.32. The lowest BCUT2D eigenvalue weighted by molar-refractivity contribution is 0.0548. The van der Waals surface area contributed by atoms with Crippen LogP contribution in [0.1, 0.15) is 18.4 Å². The van der Waals surface area contributed by atoms with E-state index in [4.69, 9.17) is 17.0 Å². The van der Waals surface area contributed by atoms with Crippen LogP contribution in [0.3, 0.4) is 0 Å². The number of benzene rings is 2. The molecule has 1 heterocycles. The number of anilines is 1. The Bertz CT molecular complexity index is 852. The molecule has 0 radical (unpaired) electrons. The lowest BCUT2D eigenvalue weighted by atomic mass is 10.1. The molecule has 4 rings (SSSR count). The number of nitrogens with one attached hydrogen (secondary N) is 1. The monoisotopic (exact) mass is 376 g/mol. The van der Waals surface area contributed by atoms with Gasteiger partial charge in [-0.1, -0.05) is 60.7 Å². The Kier molecular flexibility index (Phi) is 5.66. The number of ether oxygens (including phenoxy) is 1. The smallest absolute Gasteiger partial charge is 0.108 e. The van der Waals surface area contributed by atoms with E-state index in [1.807, 2.05) is 18.2 Å². The molecule has 27 heavy (non-hydrogen) atoms. The molecule has 1 aliphatic carbocycles. The quantitative estimate of drug-likeness (QED) is 0.768. The van der Waals surface area contributed by atoms with Gasteiger partial charge < -0.3 is 15.0 Å². The van der Waals surface area contributed by atoms with Crippen molar-refractivity contribution in [2.24, 2.45) is 0 Å². The van der Waals surface area contributed by atoms with E-state index in [1.165, 1.54) is 22.4 Å². The highest BCUT2D eigenvalue weighted by Crippen LogP contribution is 2.36. The van der Waals surface area contributed by atoms with Gasteiger partial charge in [0.05, 0.1) is 13.2 Å². The van der Waals surface area contributed by atoms with Crippen molar-refractivity contribution in [1.29, 1.82) is 0 Å². The van der Waals surface area contributed by atoms with Gasteiger partial charge >= 0.3 is 0 Å². The number of morpholine rings is 1. The fraction of sp³-hybridized carbons (Fsp3) is 0.261. The zero-order valence-corrected chi connectivity index (χ0v) is 16.2. The van der Waals surface area contributed by atoms with Crippen LogP contribution in [0.15, 0.2) is 77.5 Å². The Hall–Kier alpha value is -2.43. The van der Waals surface area contributed by atoms with Crippen molar-refractivity contribution in [3.05, 3.63) is 83.1 Å². The number of rotatable bonds is 4. The molecule has 3 nitrogen and oxygen atoms in total. The zero-order chi connectivity index (χ0) is 18.5. The van der Waals surface area contributed by atoms with E-state index in [0.29, 0.717) is 0 Å². The number of nitrogens with zero attached hydrogens (tertiary/aromatic N) is 1. The second-order valence-corrected chi connectivity index (χ2v) is 7.24. The van der Waals surface area contributed by atoms with Crippen molar-refractivity contribution < 1.29 is 4.74 Å². The van der Waals surface area contributed by atoms with Gasteiger partial charge in [-0.3, -0.25) is 0 Å². The maximum absolute atomic E-state index is 5.81. The second-order valence-electron chi connectivity index (χ2n) is 6.83. The standard InChI is InChI=1S/C23H24N2OS/c27-23(24-20-9-5-2-6-10-20)21-12-11-19(17-18-7-3-1-4-8-18)22(21)25-13-15-26-16-14-25/h1-10,17H,11-16H2,(H,24,27)/b19-17-. The highest BCUT2D eigenvalue weighted by Gasteiger charge is 2.28. The van der Waals surface area contributed by atoms with Gasteiger partial charge in [0.2, 0.25) is 0 Å². The molecule has 1 saturated heterocycles. The maximum atomic E-state index is 5.81. The number of allylic oxidation sites excluding steroid dienone is 1. The summed E-state index contributed by atoms with van der Waals surface area (Å²) in [6, 6.07) is 20.7. The third-order valence-corrected chi connectivity index (χ3v) is 5.36. The molecule has 138 valence electrons. The zero-order valence-electron chi connectivity index (χ0n) is 15.4. The molecule has 4 heteroatoms. The molecule has 1 N–H and O–H groups in total. The molecular weight excluding hydrogens is 352 g/mol. The van der Waals surface area contributed by atoms with Gasteiger partial charge in [0, 0.05) is 30.0 Å². The summed E-state index contributed by atoms with van der Waals surface area (Å²) in [5.41, 5.74) is 6.20. The lowest BCUT2D eigenvalue weighted by Crippen LogP contribution is -2.36. The Labute approximate surface area is 166 Å². The van der Waals surface area contributed by atoms with E-state index < -0.39 is 0 Å². The minimum atomic E-state index is 0.772. The molecule has 1 fully saturated rings. The first kappa shape index (κ1) is 18.0. The largest absolute Gasteiger partial charge is 0.378 e. The molecule has 0 aromatic heterocycles. The molecule has 0 saturated carbocycles.